The number of para-hydroxylation sites is 1. The minimum Gasteiger partial charge on any atom is -0.439 e. The standard InChI is InChI=1S/C12H12N2O/c13-8-10-6-7-12(14-9-10)15-11-4-2-1-3-5-11/h1-7,9H,8,13H2. The van der Waals surface area contributed by atoms with E-state index in [1.165, 1.54) is 0 Å². The number of nitrogens with zero attached hydrogens (tertiary/aromatic N) is 1. The van der Waals surface area contributed by atoms with E-state index in [0.29, 0.717) is 12.4 Å². The Hall–Kier alpha value is -1.87. The van der Waals surface area contributed by atoms with Gasteiger partial charge < -0.3 is 10.5 Å². The number of rotatable bonds is 3. The van der Waals surface area contributed by atoms with Gasteiger partial charge in [0.2, 0.25) is 5.88 Å². The number of aromatic nitrogens is 1. The Morgan fingerprint density at radius 3 is 2.47 bits per heavy atom. The fraction of sp³-hybridized carbons (Fsp3) is 0.0833. The molecule has 76 valence electrons. The van der Waals surface area contributed by atoms with Crippen LogP contribution in [0.2, 0.25) is 0 Å². The van der Waals surface area contributed by atoms with E-state index < -0.39 is 0 Å². The van der Waals surface area contributed by atoms with Crippen molar-refractivity contribution in [1.82, 2.24) is 4.98 Å². The van der Waals surface area contributed by atoms with E-state index in [1.807, 2.05) is 42.5 Å². The van der Waals surface area contributed by atoms with Crippen molar-refractivity contribution in [2.24, 2.45) is 5.73 Å². The second kappa shape index (κ2) is 4.57. The summed E-state index contributed by atoms with van der Waals surface area (Å²) in [5.41, 5.74) is 6.47. The monoisotopic (exact) mass is 200 g/mol. The smallest absolute Gasteiger partial charge is 0.219 e. The van der Waals surface area contributed by atoms with Crippen LogP contribution in [0.25, 0.3) is 0 Å². The van der Waals surface area contributed by atoms with Crippen molar-refractivity contribution in [3.8, 4) is 11.6 Å². The molecule has 1 aromatic carbocycles. The van der Waals surface area contributed by atoms with Crippen molar-refractivity contribution < 1.29 is 4.74 Å². The number of benzene rings is 1. The third kappa shape index (κ3) is 2.54. The molecular formula is C12H12N2O. The minimum atomic E-state index is 0.499. The predicted molar refractivity (Wildman–Crippen MR) is 58.6 cm³/mol. The van der Waals surface area contributed by atoms with Crippen LogP contribution in [-0.2, 0) is 6.54 Å². The lowest BCUT2D eigenvalue weighted by atomic mass is 10.3. The molecule has 0 radical (unpaired) electrons. The van der Waals surface area contributed by atoms with Crippen molar-refractivity contribution in [2.75, 3.05) is 0 Å². The molecule has 1 heterocycles. The average molecular weight is 200 g/mol. The van der Waals surface area contributed by atoms with Gasteiger partial charge >= 0.3 is 0 Å². The van der Waals surface area contributed by atoms with Crippen LogP contribution in [0.3, 0.4) is 0 Å². The van der Waals surface area contributed by atoms with Crippen molar-refractivity contribution in [1.29, 1.82) is 0 Å². The Bertz CT molecular complexity index is 411. The molecule has 2 N–H and O–H groups in total. The van der Waals surface area contributed by atoms with Crippen LogP contribution in [0, 0.1) is 0 Å². The zero-order valence-corrected chi connectivity index (χ0v) is 8.26. The van der Waals surface area contributed by atoms with Gasteiger partial charge in [0.25, 0.3) is 0 Å². The number of hydrogen-bond acceptors (Lipinski definition) is 3. The van der Waals surface area contributed by atoms with Crippen LogP contribution in [0.5, 0.6) is 11.6 Å². The average Bonchev–Trinajstić information content (AvgIpc) is 2.31. The van der Waals surface area contributed by atoms with Gasteiger partial charge in [-0.3, -0.25) is 0 Å². The molecule has 0 aliphatic rings. The second-order valence-corrected chi connectivity index (χ2v) is 3.12. The van der Waals surface area contributed by atoms with E-state index in [0.717, 1.165) is 11.3 Å². The first kappa shape index (κ1) is 9.68. The zero-order valence-electron chi connectivity index (χ0n) is 8.26. The summed E-state index contributed by atoms with van der Waals surface area (Å²) in [6.45, 7) is 0.499. The summed E-state index contributed by atoms with van der Waals surface area (Å²) < 4.78 is 5.53. The van der Waals surface area contributed by atoms with Crippen molar-refractivity contribution >= 4 is 0 Å². The van der Waals surface area contributed by atoms with Gasteiger partial charge in [-0.05, 0) is 17.7 Å². The summed E-state index contributed by atoms with van der Waals surface area (Å²) in [6, 6.07) is 13.3. The van der Waals surface area contributed by atoms with Crippen LogP contribution < -0.4 is 10.5 Å². The van der Waals surface area contributed by atoms with Crippen LogP contribution in [0.4, 0.5) is 0 Å². The number of hydrogen-bond donors (Lipinski definition) is 1. The topological polar surface area (TPSA) is 48.1 Å². The van der Waals surface area contributed by atoms with Crippen LogP contribution in [0.15, 0.2) is 48.7 Å². The highest BCUT2D eigenvalue weighted by molar-refractivity contribution is 5.27. The Morgan fingerprint density at radius 1 is 1.07 bits per heavy atom. The third-order valence-corrected chi connectivity index (χ3v) is 2.00. The molecule has 0 aliphatic heterocycles. The van der Waals surface area contributed by atoms with E-state index in [1.54, 1.807) is 6.20 Å². The van der Waals surface area contributed by atoms with Crippen molar-refractivity contribution in [3.63, 3.8) is 0 Å². The molecule has 2 rings (SSSR count). The molecule has 0 fully saturated rings. The lowest BCUT2D eigenvalue weighted by molar-refractivity contribution is 0.462. The van der Waals surface area contributed by atoms with Gasteiger partial charge in [0.15, 0.2) is 0 Å². The van der Waals surface area contributed by atoms with Gasteiger partial charge in [-0.15, -0.1) is 0 Å². The first-order valence-corrected chi connectivity index (χ1v) is 4.76. The van der Waals surface area contributed by atoms with Gasteiger partial charge in [-0.1, -0.05) is 24.3 Å². The molecule has 15 heavy (non-hydrogen) atoms. The van der Waals surface area contributed by atoms with Crippen LogP contribution >= 0.6 is 0 Å². The first-order chi connectivity index (χ1) is 7.38. The maximum atomic E-state index is 5.53. The Morgan fingerprint density at radius 2 is 1.87 bits per heavy atom. The summed E-state index contributed by atoms with van der Waals surface area (Å²) in [5, 5.41) is 0. The molecule has 0 unspecified atom stereocenters. The molecule has 3 nitrogen and oxygen atoms in total. The molecule has 0 saturated carbocycles. The summed E-state index contributed by atoms with van der Waals surface area (Å²) in [5.74, 6) is 1.36. The van der Waals surface area contributed by atoms with Gasteiger partial charge in [-0.2, -0.15) is 0 Å². The van der Waals surface area contributed by atoms with Crippen molar-refractivity contribution in [3.05, 3.63) is 54.2 Å². The fourth-order valence-electron chi connectivity index (χ4n) is 1.20. The SMILES string of the molecule is NCc1ccc(Oc2ccccc2)nc1. The van der Waals surface area contributed by atoms with Gasteiger partial charge in [0.1, 0.15) is 5.75 Å². The summed E-state index contributed by atoms with van der Waals surface area (Å²) >= 11 is 0. The summed E-state index contributed by atoms with van der Waals surface area (Å²) in [6.07, 6.45) is 1.72. The number of pyridine rings is 1. The van der Waals surface area contributed by atoms with Gasteiger partial charge in [-0.25, -0.2) is 4.98 Å². The highest BCUT2D eigenvalue weighted by Gasteiger charge is 1.97. The van der Waals surface area contributed by atoms with Gasteiger partial charge in [0.05, 0.1) is 0 Å². The van der Waals surface area contributed by atoms with Gasteiger partial charge in [0, 0.05) is 18.8 Å². The molecule has 3 heteroatoms. The van der Waals surface area contributed by atoms with Crippen LogP contribution in [-0.4, -0.2) is 4.98 Å². The highest BCUT2D eigenvalue weighted by Crippen LogP contribution is 2.18. The Balaban J connectivity index is 2.11. The molecular weight excluding hydrogens is 188 g/mol. The lowest BCUT2D eigenvalue weighted by Crippen LogP contribution is -1.97. The van der Waals surface area contributed by atoms with E-state index in [-0.39, 0.29) is 0 Å². The minimum absolute atomic E-state index is 0.499. The van der Waals surface area contributed by atoms with E-state index in [2.05, 4.69) is 4.98 Å². The van der Waals surface area contributed by atoms with E-state index in [9.17, 15) is 0 Å². The molecule has 0 aliphatic carbocycles. The van der Waals surface area contributed by atoms with Crippen molar-refractivity contribution in [2.45, 2.75) is 6.54 Å². The molecule has 0 atom stereocenters. The molecule has 1 aromatic heterocycles. The maximum absolute atomic E-state index is 5.53. The van der Waals surface area contributed by atoms with Crippen LogP contribution in [0.1, 0.15) is 5.56 Å². The molecule has 2 aromatic rings. The maximum Gasteiger partial charge on any atom is 0.219 e. The quantitative estimate of drug-likeness (QED) is 0.827. The Kier molecular flexibility index (Phi) is 2.95. The fourth-order valence-corrected chi connectivity index (χ4v) is 1.20. The van der Waals surface area contributed by atoms with E-state index >= 15 is 0 Å². The summed E-state index contributed by atoms with van der Waals surface area (Å²) in [4.78, 5) is 4.14. The Labute approximate surface area is 88.5 Å². The molecule has 0 spiro atoms. The first-order valence-electron chi connectivity index (χ1n) is 4.76. The van der Waals surface area contributed by atoms with E-state index in [4.69, 9.17) is 10.5 Å². The number of ether oxygens (including phenoxy) is 1. The zero-order chi connectivity index (χ0) is 10.5. The molecule has 0 amide bonds. The predicted octanol–water partition coefficient (Wildman–Crippen LogP) is 2.33. The highest BCUT2D eigenvalue weighted by atomic mass is 16.5. The lowest BCUT2D eigenvalue weighted by Gasteiger charge is -2.04. The number of nitrogens with two attached hydrogens (primary N) is 1. The second-order valence-electron chi connectivity index (χ2n) is 3.12. The normalized spacial score (nSPS) is 9.93. The molecule has 0 bridgehead atoms. The largest absolute Gasteiger partial charge is 0.439 e. The summed E-state index contributed by atoms with van der Waals surface area (Å²) in [7, 11) is 0. The third-order valence-electron chi connectivity index (χ3n) is 2.00. The molecule has 0 saturated heterocycles.